The summed E-state index contributed by atoms with van der Waals surface area (Å²) in [7, 11) is 0. The van der Waals surface area contributed by atoms with E-state index in [0.717, 1.165) is 11.1 Å². The van der Waals surface area contributed by atoms with E-state index < -0.39 is 11.5 Å². The number of H-pyrrole nitrogens is 1. The molecule has 4 aromatic rings. The minimum Gasteiger partial charge on any atom is -0.415 e. The molecule has 2 aromatic carbocycles. The Bertz CT molecular complexity index is 936. The lowest BCUT2D eigenvalue weighted by Gasteiger charge is -2.00. The molecule has 2 heterocycles. The molecule has 0 aliphatic heterocycles. The molecule has 0 unspecified atom stereocenters. The number of carbonyl (C=O) groups is 2. The number of hydrogen-bond acceptors (Lipinski definition) is 10. The van der Waals surface area contributed by atoms with Crippen molar-refractivity contribution in [1.82, 2.24) is 40.8 Å². The van der Waals surface area contributed by atoms with Gasteiger partial charge in [-0.2, -0.15) is 5.21 Å². The number of rotatable bonds is 2. The van der Waals surface area contributed by atoms with Crippen molar-refractivity contribution in [3.8, 4) is 11.5 Å². The molecule has 1 N–H and O–H groups in total. The molecule has 148 valence electrons. The number of para-hydroxylation sites is 2. The predicted molar refractivity (Wildman–Crippen MR) is 98.2 cm³/mol. The van der Waals surface area contributed by atoms with Crippen LogP contribution in [0.2, 0.25) is 0 Å². The van der Waals surface area contributed by atoms with Crippen LogP contribution in [-0.2, 0) is 0 Å². The highest BCUT2D eigenvalue weighted by Gasteiger charge is 2.08. The van der Waals surface area contributed by atoms with Crippen LogP contribution < -0.4 is 9.47 Å². The minimum atomic E-state index is -0.814. The summed E-state index contributed by atoms with van der Waals surface area (Å²) >= 11 is 4.95. The molecule has 2 aromatic heterocycles. The number of aromatic nitrogens is 8. The van der Waals surface area contributed by atoms with Gasteiger partial charge in [-0.25, -0.2) is 9.59 Å². The summed E-state index contributed by atoms with van der Waals surface area (Å²) in [6.07, 6.45) is 1.81. The van der Waals surface area contributed by atoms with Gasteiger partial charge in [0.2, 0.25) is 0 Å². The van der Waals surface area contributed by atoms with Gasteiger partial charge in [0.15, 0.2) is 12.7 Å². The largest absolute Gasteiger partial charge is 0.459 e. The van der Waals surface area contributed by atoms with E-state index in [-0.39, 0.29) is 0 Å². The summed E-state index contributed by atoms with van der Waals surface area (Å²) in [5.74, 6) is 0.900. The molecule has 0 saturated carbocycles. The first-order valence-corrected chi connectivity index (χ1v) is 8.12. The lowest BCUT2D eigenvalue weighted by molar-refractivity contribution is 0.194. The van der Waals surface area contributed by atoms with Gasteiger partial charge in [0.25, 0.3) is 0 Å². The van der Waals surface area contributed by atoms with E-state index in [2.05, 4.69) is 40.8 Å². The van der Waals surface area contributed by atoms with Crippen molar-refractivity contribution in [1.29, 1.82) is 0 Å². The monoisotopic (exact) mass is 416 g/mol. The maximum absolute atomic E-state index is 11.3. The number of nitrogens with one attached hydrogen (secondary N) is 1. The summed E-state index contributed by atoms with van der Waals surface area (Å²) in [6, 6.07) is 17.3. The van der Waals surface area contributed by atoms with Crippen LogP contribution in [-0.4, -0.2) is 52.4 Å². The number of benzene rings is 2. The van der Waals surface area contributed by atoms with Gasteiger partial charge < -0.3 is 9.47 Å². The predicted octanol–water partition coefficient (Wildman–Crippen LogP) is 2.34. The Morgan fingerprint density at radius 1 is 0.862 bits per heavy atom. The second-order valence-corrected chi connectivity index (χ2v) is 4.93. The van der Waals surface area contributed by atoms with Crippen molar-refractivity contribution in [3.63, 3.8) is 0 Å². The van der Waals surface area contributed by atoms with Crippen molar-refractivity contribution in [2.45, 2.75) is 0 Å². The number of carbonyl (C=O) groups excluding carboxylic acids is 2. The fraction of sp³-hybridized carbons (Fsp3) is 0. The molecule has 0 bridgehead atoms. The van der Waals surface area contributed by atoms with E-state index >= 15 is 0 Å². The third-order valence-corrected chi connectivity index (χ3v) is 2.75. The van der Waals surface area contributed by atoms with Gasteiger partial charge in [-0.1, -0.05) is 46.4 Å². The standard InChI is InChI=1S/C8H6N4O2.C7H5ClO2.CH2N4/c13-8(12-10-6-9-11-12)14-7-4-2-1-3-5-7;8-7(9)10-6-4-2-1-3-5-6;1-2-4-5-3-1/h1-6H;1-5H;1H,(H,2,3,4,5). The molecule has 0 aliphatic carbocycles. The Morgan fingerprint density at radius 3 is 1.90 bits per heavy atom. The summed E-state index contributed by atoms with van der Waals surface area (Å²) in [6.45, 7) is 0. The average Bonchev–Trinajstić information content (AvgIpc) is 3.46. The van der Waals surface area contributed by atoms with Crippen LogP contribution >= 0.6 is 11.6 Å². The van der Waals surface area contributed by atoms with Crippen LogP contribution in [0.4, 0.5) is 9.59 Å². The Labute approximate surface area is 168 Å². The number of tetrazole rings is 2. The van der Waals surface area contributed by atoms with Crippen molar-refractivity contribution >= 4 is 23.1 Å². The van der Waals surface area contributed by atoms with Gasteiger partial charge >= 0.3 is 11.5 Å². The SMILES string of the molecule is O=C(Cl)Oc1ccccc1.O=C(Oc1ccccc1)n1ncnn1.c1nn[nH]n1. The fourth-order valence-corrected chi connectivity index (χ4v) is 1.68. The zero-order chi connectivity index (χ0) is 20.7. The zero-order valence-electron chi connectivity index (χ0n) is 14.6. The number of nitrogens with zero attached hydrogens (tertiary/aromatic N) is 7. The van der Waals surface area contributed by atoms with Gasteiger partial charge in [0, 0.05) is 11.6 Å². The first-order chi connectivity index (χ1) is 14.1. The van der Waals surface area contributed by atoms with Crippen LogP contribution in [0, 0.1) is 0 Å². The Balaban J connectivity index is 0.000000173. The first-order valence-electron chi connectivity index (χ1n) is 7.74. The maximum Gasteiger partial charge on any atom is 0.459 e. The molecule has 0 saturated heterocycles. The van der Waals surface area contributed by atoms with Crippen molar-refractivity contribution in [3.05, 3.63) is 73.3 Å². The fourth-order valence-electron chi connectivity index (χ4n) is 1.59. The quantitative estimate of drug-likeness (QED) is 0.482. The van der Waals surface area contributed by atoms with Crippen LogP contribution in [0.5, 0.6) is 11.5 Å². The second-order valence-electron chi connectivity index (χ2n) is 4.62. The minimum absolute atomic E-state index is 0.440. The molecule has 13 heteroatoms. The summed E-state index contributed by atoms with van der Waals surface area (Å²) in [5.41, 5.74) is -0.814. The third kappa shape index (κ3) is 8.83. The Hall–Kier alpha value is -4.19. The maximum atomic E-state index is 11.3. The van der Waals surface area contributed by atoms with Crippen LogP contribution in [0.1, 0.15) is 0 Å². The van der Waals surface area contributed by atoms with E-state index in [0.29, 0.717) is 11.5 Å². The van der Waals surface area contributed by atoms with Crippen LogP contribution in [0.25, 0.3) is 0 Å². The lowest BCUT2D eigenvalue weighted by atomic mass is 10.3. The van der Waals surface area contributed by atoms with Crippen LogP contribution in [0.15, 0.2) is 73.3 Å². The molecule has 0 radical (unpaired) electrons. The molecule has 29 heavy (non-hydrogen) atoms. The van der Waals surface area contributed by atoms with E-state index in [9.17, 15) is 9.59 Å². The zero-order valence-corrected chi connectivity index (χ0v) is 15.3. The number of halogens is 1. The van der Waals surface area contributed by atoms with Crippen molar-refractivity contribution in [2.24, 2.45) is 0 Å². The van der Waals surface area contributed by atoms with Crippen LogP contribution in [0.3, 0.4) is 0 Å². The molecule has 4 rings (SSSR count). The smallest absolute Gasteiger partial charge is 0.415 e. The first kappa shape index (κ1) is 21.1. The third-order valence-electron chi connectivity index (χ3n) is 2.67. The molecular formula is C16H13ClN8O4. The van der Waals surface area contributed by atoms with Gasteiger partial charge in [-0.15, -0.1) is 20.4 Å². The number of aromatic amines is 1. The van der Waals surface area contributed by atoms with Gasteiger partial charge in [0.05, 0.1) is 0 Å². The van der Waals surface area contributed by atoms with Gasteiger partial charge in [-0.05, 0) is 29.5 Å². The van der Waals surface area contributed by atoms with E-state index in [1.807, 2.05) is 12.1 Å². The summed E-state index contributed by atoms with van der Waals surface area (Å²) < 4.78 is 9.46. The summed E-state index contributed by atoms with van der Waals surface area (Å²) in [4.78, 5) is 22.2. The highest BCUT2D eigenvalue weighted by Crippen LogP contribution is 2.09. The van der Waals surface area contributed by atoms with E-state index in [1.54, 1.807) is 48.5 Å². The number of hydrogen-bond donors (Lipinski definition) is 1. The average molecular weight is 417 g/mol. The molecule has 0 aliphatic rings. The lowest BCUT2D eigenvalue weighted by Crippen LogP contribution is -2.19. The molecule has 0 atom stereocenters. The van der Waals surface area contributed by atoms with E-state index in [1.165, 1.54) is 6.33 Å². The van der Waals surface area contributed by atoms with Crippen molar-refractivity contribution in [2.75, 3.05) is 0 Å². The molecule has 0 fully saturated rings. The van der Waals surface area contributed by atoms with E-state index in [4.69, 9.17) is 16.3 Å². The second kappa shape index (κ2) is 12.2. The normalized spacial score (nSPS) is 9.14. The summed E-state index contributed by atoms with van der Waals surface area (Å²) in [5, 5.41) is 22.5. The molecule has 0 amide bonds. The van der Waals surface area contributed by atoms with Crippen molar-refractivity contribution < 1.29 is 19.1 Å². The Morgan fingerprint density at radius 2 is 1.48 bits per heavy atom. The molecule has 12 nitrogen and oxygen atoms in total. The topological polar surface area (TPSA) is 151 Å². The highest BCUT2D eigenvalue weighted by atomic mass is 35.5. The highest BCUT2D eigenvalue weighted by molar-refractivity contribution is 6.61. The Kier molecular flexibility index (Phi) is 8.91. The van der Waals surface area contributed by atoms with Gasteiger partial charge in [0.1, 0.15) is 11.5 Å². The van der Waals surface area contributed by atoms with Gasteiger partial charge in [-0.3, -0.25) is 0 Å². The molecular weight excluding hydrogens is 404 g/mol. The number of ether oxygens (including phenoxy) is 2. The molecule has 0 spiro atoms.